The maximum Gasteiger partial charge on any atom is 0.331 e. The zero-order chi connectivity index (χ0) is 14.6. The average molecular weight is 256 g/mol. The smallest absolute Gasteiger partial charge is 0.331 e. The third-order valence-corrected chi connectivity index (χ3v) is 2.20. The first-order valence-electron chi connectivity index (χ1n) is 6.07. The number of rotatable bonds is 5. The van der Waals surface area contributed by atoms with Crippen LogP contribution in [0.2, 0.25) is 0 Å². The molecule has 0 aromatic rings. The van der Waals surface area contributed by atoms with Gasteiger partial charge in [0.25, 0.3) is 0 Å². The Balaban J connectivity index is 4.30. The summed E-state index contributed by atoms with van der Waals surface area (Å²) in [6.45, 7) is 10.1. The minimum Gasteiger partial charge on any atom is -0.457 e. The van der Waals surface area contributed by atoms with Gasteiger partial charge in [-0.3, -0.25) is 4.79 Å². The summed E-state index contributed by atoms with van der Waals surface area (Å²) >= 11 is 0. The van der Waals surface area contributed by atoms with Gasteiger partial charge in [0.15, 0.2) is 5.78 Å². The average Bonchev–Trinajstić information content (AvgIpc) is 2.08. The number of allylic oxidation sites excluding steroid dienone is 1. The highest BCUT2D eigenvalue weighted by Gasteiger charge is 2.23. The van der Waals surface area contributed by atoms with Crippen molar-refractivity contribution in [3.63, 3.8) is 0 Å². The molecule has 1 N–H and O–H groups in total. The molecule has 0 bridgehead atoms. The molecule has 0 fully saturated rings. The molecule has 0 saturated heterocycles. The molecule has 0 aliphatic rings. The van der Waals surface area contributed by atoms with Gasteiger partial charge in [0.1, 0.15) is 11.2 Å². The Morgan fingerprint density at radius 2 is 1.61 bits per heavy atom. The van der Waals surface area contributed by atoms with E-state index in [9.17, 15) is 14.7 Å². The van der Waals surface area contributed by atoms with Crippen molar-refractivity contribution in [3.8, 4) is 0 Å². The summed E-state index contributed by atoms with van der Waals surface area (Å²) in [5.74, 6) is -0.643. The predicted molar refractivity (Wildman–Crippen MR) is 70.1 cm³/mol. The van der Waals surface area contributed by atoms with E-state index in [1.807, 2.05) is 0 Å². The van der Waals surface area contributed by atoms with Gasteiger partial charge in [0, 0.05) is 12.5 Å². The van der Waals surface area contributed by atoms with Crippen LogP contribution in [0, 0.1) is 0 Å². The maximum absolute atomic E-state index is 11.5. The van der Waals surface area contributed by atoms with Gasteiger partial charge in [-0.25, -0.2) is 4.79 Å². The van der Waals surface area contributed by atoms with Crippen molar-refractivity contribution in [2.45, 2.75) is 65.6 Å². The van der Waals surface area contributed by atoms with Crippen molar-refractivity contribution < 1.29 is 19.4 Å². The Morgan fingerprint density at radius 3 is 2.00 bits per heavy atom. The fourth-order valence-corrected chi connectivity index (χ4v) is 1.22. The zero-order valence-corrected chi connectivity index (χ0v) is 12.2. The molecule has 104 valence electrons. The van der Waals surface area contributed by atoms with Crippen LogP contribution in [-0.2, 0) is 14.3 Å². The van der Waals surface area contributed by atoms with Gasteiger partial charge in [0.05, 0.1) is 0 Å². The second-order valence-electron chi connectivity index (χ2n) is 6.01. The van der Waals surface area contributed by atoms with E-state index in [0.717, 1.165) is 5.57 Å². The number of carbonyl (C=O) groups excluding carboxylic acids is 2. The maximum atomic E-state index is 11.5. The van der Waals surface area contributed by atoms with Crippen LogP contribution in [0.5, 0.6) is 0 Å². The van der Waals surface area contributed by atoms with E-state index in [-0.39, 0.29) is 12.2 Å². The van der Waals surface area contributed by atoms with E-state index < -0.39 is 17.2 Å². The predicted octanol–water partition coefficient (Wildman–Crippen LogP) is 2.39. The second-order valence-corrected chi connectivity index (χ2v) is 6.01. The number of hydrogen-bond donors (Lipinski definition) is 1. The quantitative estimate of drug-likeness (QED) is 0.606. The van der Waals surface area contributed by atoms with Crippen molar-refractivity contribution in [3.05, 3.63) is 11.6 Å². The third-order valence-electron chi connectivity index (χ3n) is 2.20. The normalized spacial score (nSPS) is 13.4. The lowest BCUT2D eigenvalue weighted by Gasteiger charge is -2.18. The first-order chi connectivity index (χ1) is 7.92. The minimum absolute atomic E-state index is 0.217. The number of hydrogen-bond acceptors (Lipinski definition) is 4. The molecule has 0 saturated carbocycles. The number of ether oxygens (including phenoxy) is 1. The highest BCUT2D eigenvalue weighted by Crippen LogP contribution is 2.13. The molecule has 0 aromatic carbocycles. The Labute approximate surface area is 109 Å². The minimum atomic E-state index is -1.31. The van der Waals surface area contributed by atoms with Gasteiger partial charge in [-0.15, -0.1) is 0 Å². The molecule has 0 unspecified atom stereocenters. The van der Waals surface area contributed by atoms with Gasteiger partial charge in [-0.1, -0.05) is 5.57 Å². The number of carbonyl (C=O) groups is 2. The molecule has 0 aliphatic carbocycles. The highest BCUT2D eigenvalue weighted by atomic mass is 16.6. The molecule has 0 spiro atoms. The van der Waals surface area contributed by atoms with E-state index in [1.165, 1.54) is 19.9 Å². The van der Waals surface area contributed by atoms with Crippen molar-refractivity contribution in [2.24, 2.45) is 0 Å². The molecule has 4 nitrogen and oxygen atoms in total. The molecule has 0 aliphatic heterocycles. The van der Waals surface area contributed by atoms with Crippen LogP contribution in [0.4, 0.5) is 0 Å². The summed E-state index contributed by atoms with van der Waals surface area (Å²) in [5, 5.41) is 9.47. The third kappa shape index (κ3) is 8.01. The van der Waals surface area contributed by atoms with E-state index >= 15 is 0 Å². The molecule has 0 heterocycles. The second kappa shape index (κ2) is 6.14. The van der Waals surface area contributed by atoms with E-state index in [4.69, 9.17) is 4.74 Å². The van der Waals surface area contributed by atoms with E-state index in [0.29, 0.717) is 6.42 Å². The lowest BCUT2D eigenvalue weighted by Crippen LogP contribution is -2.30. The fourth-order valence-electron chi connectivity index (χ4n) is 1.22. The molecule has 0 aromatic heterocycles. The Kier molecular flexibility index (Phi) is 5.74. The van der Waals surface area contributed by atoms with Crippen LogP contribution >= 0.6 is 0 Å². The standard InChI is InChI=1S/C14H24O4/c1-10(7-8-11(15)14(5,6)17)9-12(16)18-13(2,3)4/h9,17H,7-8H2,1-6H3. The summed E-state index contributed by atoms with van der Waals surface area (Å²) in [4.78, 5) is 23.0. The van der Waals surface area contributed by atoms with Crippen LogP contribution in [0.3, 0.4) is 0 Å². The Bertz CT molecular complexity index is 340. The summed E-state index contributed by atoms with van der Waals surface area (Å²) in [6.07, 6.45) is 2.06. The van der Waals surface area contributed by atoms with Crippen molar-refractivity contribution in [1.29, 1.82) is 0 Å². The first-order valence-corrected chi connectivity index (χ1v) is 6.07. The number of ketones is 1. The summed E-state index contributed by atoms with van der Waals surface area (Å²) in [7, 11) is 0. The molecule has 4 heteroatoms. The number of Topliss-reactive ketones (excluding diaryl/α,β-unsaturated/α-hetero) is 1. The SMILES string of the molecule is CC(=CC(=O)OC(C)(C)C)CCC(=O)C(C)(C)O. The van der Waals surface area contributed by atoms with Crippen LogP contribution in [0.15, 0.2) is 11.6 Å². The van der Waals surface area contributed by atoms with Crippen LogP contribution < -0.4 is 0 Å². The van der Waals surface area contributed by atoms with Gasteiger partial charge in [-0.05, 0) is 48.0 Å². The van der Waals surface area contributed by atoms with Crippen LogP contribution in [0.1, 0.15) is 54.4 Å². The van der Waals surface area contributed by atoms with E-state index in [2.05, 4.69) is 0 Å². The monoisotopic (exact) mass is 256 g/mol. The van der Waals surface area contributed by atoms with Gasteiger partial charge in [-0.2, -0.15) is 0 Å². The fraction of sp³-hybridized carbons (Fsp3) is 0.714. The molecule has 0 atom stereocenters. The Hall–Kier alpha value is -1.16. The number of esters is 1. The lowest BCUT2D eigenvalue weighted by atomic mass is 9.98. The molecular formula is C14H24O4. The lowest BCUT2D eigenvalue weighted by molar-refractivity contribution is -0.148. The van der Waals surface area contributed by atoms with E-state index in [1.54, 1.807) is 27.7 Å². The van der Waals surface area contributed by atoms with Crippen molar-refractivity contribution >= 4 is 11.8 Å². The summed E-state index contributed by atoms with van der Waals surface area (Å²) in [6, 6.07) is 0. The van der Waals surface area contributed by atoms with Crippen LogP contribution in [-0.4, -0.2) is 28.1 Å². The molecular weight excluding hydrogens is 232 g/mol. The molecule has 0 amide bonds. The topological polar surface area (TPSA) is 63.6 Å². The summed E-state index contributed by atoms with van der Waals surface area (Å²) in [5.41, 5.74) is -1.06. The number of aliphatic hydroxyl groups is 1. The zero-order valence-electron chi connectivity index (χ0n) is 12.2. The highest BCUT2D eigenvalue weighted by molar-refractivity contribution is 5.87. The van der Waals surface area contributed by atoms with Crippen molar-refractivity contribution in [1.82, 2.24) is 0 Å². The van der Waals surface area contributed by atoms with Gasteiger partial charge >= 0.3 is 5.97 Å². The molecule has 0 rings (SSSR count). The largest absolute Gasteiger partial charge is 0.457 e. The van der Waals surface area contributed by atoms with Crippen LogP contribution in [0.25, 0.3) is 0 Å². The van der Waals surface area contributed by atoms with Gasteiger partial charge in [0.2, 0.25) is 0 Å². The Morgan fingerprint density at radius 1 is 1.11 bits per heavy atom. The summed E-state index contributed by atoms with van der Waals surface area (Å²) < 4.78 is 5.13. The van der Waals surface area contributed by atoms with Gasteiger partial charge < -0.3 is 9.84 Å². The molecule has 0 radical (unpaired) electrons. The first kappa shape index (κ1) is 16.8. The van der Waals surface area contributed by atoms with Crippen molar-refractivity contribution in [2.75, 3.05) is 0 Å². The molecule has 18 heavy (non-hydrogen) atoms.